The maximum atomic E-state index is 13.0. The number of rotatable bonds is 2. The Labute approximate surface area is 129 Å². The minimum absolute atomic E-state index is 0.0824. The Bertz CT molecular complexity index is 667. The monoisotopic (exact) mass is 355 g/mol. The van der Waals surface area contributed by atoms with Crippen molar-refractivity contribution in [2.75, 3.05) is 5.32 Å². The van der Waals surface area contributed by atoms with Gasteiger partial charge in [-0.05, 0) is 42.2 Å². The minimum Gasteiger partial charge on any atom is -0.378 e. The van der Waals surface area contributed by atoms with E-state index in [-0.39, 0.29) is 11.7 Å². The highest BCUT2D eigenvalue weighted by Crippen LogP contribution is 2.40. The molecule has 110 valence electrons. The van der Waals surface area contributed by atoms with Crippen molar-refractivity contribution in [3.8, 4) is 0 Å². The van der Waals surface area contributed by atoms with Gasteiger partial charge >= 0.3 is 6.18 Å². The van der Waals surface area contributed by atoms with E-state index in [4.69, 9.17) is 0 Å². The molecule has 1 atom stereocenters. The van der Waals surface area contributed by atoms with Crippen molar-refractivity contribution in [2.24, 2.45) is 0 Å². The standard InChI is InChI=1S/C16H13BrF3N/c17-13-6-3-4-11-10(13)8-9-14(11)21-15-7-2-1-5-12(15)16(18,19)20/h1-7,14,21H,8-9H2. The minimum atomic E-state index is -4.34. The number of fused-ring (bicyclic) bond motifs is 1. The zero-order valence-electron chi connectivity index (χ0n) is 11.0. The SMILES string of the molecule is FC(F)(F)c1ccccc1NC1CCc2c(Br)cccc21. The van der Waals surface area contributed by atoms with E-state index in [2.05, 4.69) is 21.2 Å². The number of hydrogen-bond donors (Lipinski definition) is 1. The third-order valence-corrected chi connectivity index (χ3v) is 4.52. The van der Waals surface area contributed by atoms with Crippen LogP contribution in [-0.2, 0) is 12.6 Å². The molecule has 0 amide bonds. The molecule has 1 N–H and O–H groups in total. The van der Waals surface area contributed by atoms with Gasteiger partial charge in [0.1, 0.15) is 0 Å². The first-order valence-corrected chi connectivity index (χ1v) is 7.46. The van der Waals surface area contributed by atoms with E-state index in [1.807, 2.05) is 18.2 Å². The molecule has 21 heavy (non-hydrogen) atoms. The van der Waals surface area contributed by atoms with Crippen LogP contribution in [0, 0.1) is 0 Å². The van der Waals surface area contributed by atoms with Gasteiger partial charge < -0.3 is 5.32 Å². The molecule has 1 nitrogen and oxygen atoms in total. The third-order valence-electron chi connectivity index (χ3n) is 3.78. The number of hydrogen-bond acceptors (Lipinski definition) is 1. The quantitative estimate of drug-likeness (QED) is 0.742. The van der Waals surface area contributed by atoms with Crippen LogP contribution in [0.3, 0.4) is 0 Å². The second kappa shape index (κ2) is 5.37. The molecule has 5 heteroatoms. The number of nitrogens with one attached hydrogen (secondary N) is 1. The topological polar surface area (TPSA) is 12.0 Å². The van der Waals surface area contributed by atoms with Gasteiger partial charge in [0.15, 0.2) is 0 Å². The summed E-state index contributed by atoms with van der Waals surface area (Å²) in [5, 5.41) is 3.06. The number of para-hydroxylation sites is 1. The van der Waals surface area contributed by atoms with Crippen LogP contribution in [0.4, 0.5) is 18.9 Å². The molecule has 0 radical (unpaired) electrons. The lowest BCUT2D eigenvalue weighted by atomic mass is 10.1. The lowest BCUT2D eigenvalue weighted by Gasteiger charge is -2.19. The summed E-state index contributed by atoms with van der Waals surface area (Å²) in [6.45, 7) is 0. The van der Waals surface area contributed by atoms with E-state index in [0.717, 1.165) is 28.9 Å². The molecule has 0 fully saturated rings. The van der Waals surface area contributed by atoms with Gasteiger partial charge in [0.25, 0.3) is 0 Å². The van der Waals surface area contributed by atoms with Gasteiger partial charge in [-0.2, -0.15) is 13.2 Å². The summed E-state index contributed by atoms with van der Waals surface area (Å²) in [7, 11) is 0. The Balaban J connectivity index is 1.92. The fraction of sp³-hybridized carbons (Fsp3) is 0.250. The fourth-order valence-electron chi connectivity index (χ4n) is 2.80. The van der Waals surface area contributed by atoms with Crippen LogP contribution in [0.25, 0.3) is 0 Å². The summed E-state index contributed by atoms with van der Waals surface area (Å²) < 4.78 is 40.1. The molecular formula is C16H13BrF3N. The van der Waals surface area contributed by atoms with Gasteiger partial charge in [-0.15, -0.1) is 0 Å². The largest absolute Gasteiger partial charge is 0.418 e. The van der Waals surface area contributed by atoms with E-state index in [1.54, 1.807) is 6.07 Å². The summed E-state index contributed by atoms with van der Waals surface area (Å²) in [5.41, 5.74) is 1.78. The van der Waals surface area contributed by atoms with E-state index < -0.39 is 11.7 Å². The average Bonchev–Trinajstić information content (AvgIpc) is 2.83. The highest BCUT2D eigenvalue weighted by atomic mass is 79.9. The van der Waals surface area contributed by atoms with Crippen LogP contribution in [0.15, 0.2) is 46.9 Å². The third kappa shape index (κ3) is 2.79. The molecule has 0 aromatic heterocycles. The zero-order valence-corrected chi connectivity index (χ0v) is 12.6. The van der Waals surface area contributed by atoms with Crippen molar-refractivity contribution in [2.45, 2.75) is 25.1 Å². The number of anilines is 1. The molecule has 1 aliphatic carbocycles. The maximum absolute atomic E-state index is 13.0. The fourth-order valence-corrected chi connectivity index (χ4v) is 3.38. The Morgan fingerprint density at radius 2 is 1.81 bits per heavy atom. The first-order valence-electron chi connectivity index (χ1n) is 6.67. The molecule has 0 spiro atoms. The maximum Gasteiger partial charge on any atom is 0.418 e. The molecular weight excluding hydrogens is 343 g/mol. The zero-order chi connectivity index (χ0) is 15.0. The molecule has 2 aromatic carbocycles. The Kier molecular flexibility index (Phi) is 3.69. The van der Waals surface area contributed by atoms with Crippen LogP contribution in [0.2, 0.25) is 0 Å². The Morgan fingerprint density at radius 3 is 2.57 bits per heavy atom. The molecule has 0 aliphatic heterocycles. The van der Waals surface area contributed by atoms with E-state index in [9.17, 15) is 13.2 Å². The van der Waals surface area contributed by atoms with E-state index in [0.29, 0.717) is 0 Å². The highest BCUT2D eigenvalue weighted by molar-refractivity contribution is 9.10. The second-order valence-corrected chi connectivity index (χ2v) is 5.94. The van der Waals surface area contributed by atoms with E-state index in [1.165, 1.54) is 17.7 Å². The number of alkyl halides is 3. The van der Waals surface area contributed by atoms with Gasteiger partial charge in [-0.25, -0.2) is 0 Å². The number of halogens is 4. The molecule has 1 unspecified atom stereocenters. The summed E-state index contributed by atoms with van der Waals surface area (Å²) in [6, 6.07) is 11.4. The van der Waals surface area contributed by atoms with Gasteiger partial charge in [0.05, 0.1) is 11.6 Å². The Hall–Kier alpha value is -1.49. The van der Waals surface area contributed by atoms with Gasteiger partial charge in [-0.3, -0.25) is 0 Å². The van der Waals surface area contributed by atoms with Gasteiger partial charge in [0, 0.05) is 10.2 Å². The first-order chi connectivity index (χ1) is 9.97. The summed E-state index contributed by atoms with van der Waals surface area (Å²) >= 11 is 3.50. The molecule has 3 rings (SSSR count). The average molecular weight is 356 g/mol. The van der Waals surface area contributed by atoms with E-state index >= 15 is 0 Å². The number of benzene rings is 2. The van der Waals surface area contributed by atoms with Crippen molar-refractivity contribution >= 4 is 21.6 Å². The van der Waals surface area contributed by atoms with Crippen molar-refractivity contribution < 1.29 is 13.2 Å². The van der Waals surface area contributed by atoms with Crippen LogP contribution in [0.5, 0.6) is 0 Å². The summed E-state index contributed by atoms with van der Waals surface area (Å²) in [5.74, 6) is 0. The predicted molar refractivity (Wildman–Crippen MR) is 80.3 cm³/mol. The molecule has 1 aliphatic rings. The lowest BCUT2D eigenvalue weighted by Crippen LogP contribution is -2.13. The van der Waals surface area contributed by atoms with Crippen molar-refractivity contribution in [1.82, 2.24) is 0 Å². The first kappa shape index (κ1) is 14.4. The van der Waals surface area contributed by atoms with Crippen molar-refractivity contribution in [1.29, 1.82) is 0 Å². The molecule has 2 aromatic rings. The van der Waals surface area contributed by atoms with Crippen molar-refractivity contribution in [3.63, 3.8) is 0 Å². The predicted octanol–water partition coefficient (Wildman–Crippen LogP) is 5.57. The molecule has 0 saturated carbocycles. The van der Waals surface area contributed by atoms with Crippen LogP contribution in [-0.4, -0.2) is 0 Å². The smallest absolute Gasteiger partial charge is 0.378 e. The Morgan fingerprint density at radius 1 is 1.05 bits per heavy atom. The highest BCUT2D eigenvalue weighted by Gasteiger charge is 2.34. The molecule has 0 heterocycles. The van der Waals surface area contributed by atoms with Crippen molar-refractivity contribution in [3.05, 3.63) is 63.6 Å². The lowest BCUT2D eigenvalue weighted by molar-refractivity contribution is -0.137. The van der Waals surface area contributed by atoms with Crippen LogP contribution in [0.1, 0.15) is 29.2 Å². The molecule has 0 bridgehead atoms. The van der Waals surface area contributed by atoms with Gasteiger partial charge in [0.2, 0.25) is 0 Å². The second-order valence-electron chi connectivity index (χ2n) is 5.09. The van der Waals surface area contributed by atoms with Crippen LogP contribution < -0.4 is 5.32 Å². The van der Waals surface area contributed by atoms with Crippen LogP contribution >= 0.6 is 15.9 Å². The summed E-state index contributed by atoms with van der Waals surface area (Å²) in [6.07, 6.45) is -2.69. The normalized spacial score (nSPS) is 17.6. The van der Waals surface area contributed by atoms with Gasteiger partial charge in [-0.1, -0.05) is 40.2 Å². The summed E-state index contributed by atoms with van der Waals surface area (Å²) in [4.78, 5) is 0. The molecule has 0 saturated heterocycles.